The lowest BCUT2D eigenvalue weighted by Crippen LogP contribution is -2.63. The van der Waals surface area contributed by atoms with Crippen LogP contribution < -0.4 is 10.3 Å². The van der Waals surface area contributed by atoms with Gasteiger partial charge in [0.05, 0.1) is 30.0 Å². The summed E-state index contributed by atoms with van der Waals surface area (Å²) >= 11 is 3.27. The molecular formula is C19H25N4O4S2+. The summed E-state index contributed by atoms with van der Waals surface area (Å²) in [4.78, 5) is 27.8. The molecule has 0 aliphatic carbocycles. The molecule has 1 amide bonds. The highest BCUT2D eigenvalue weighted by atomic mass is 32.2. The number of imidazole rings is 1. The molecule has 4 heterocycles. The number of aromatic nitrogens is 2. The van der Waals surface area contributed by atoms with Crippen LogP contribution in [0.1, 0.15) is 25.1 Å². The molecule has 0 saturated carbocycles. The average Bonchev–Trinajstić information content (AvgIpc) is 3.23. The zero-order valence-corrected chi connectivity index (χ0v) is 18.2. The van der Waals surface area contributed by atoms with Crippen LogP contribution in [-0.2, 0) is 16.6 Å². The first-order chi connectivity index (χ1) is 13.8. The molecule has 156 valence electrons. The number of thioether (sulfide) groups is 1. The van der Waals surface area contributed by atoms with Crippen LogP contribution in [0.25, 0.3) is 10.4 Å². The van der Waals surface area contributed by atoms with Crippen LogP contribution in [0.15, 0.2) is 23.2 Å². The third kappa shape index (κ3) is 3.00. The van der Waals surface area contributed by atoms with Crippen LogP contribution in [0.3, 0.4) is 0 Å². The van der Waals surface area contributed by atoms with E-state index in [1.165, 1.54) is 16.2 Å². The molecule has 2 aliphatic heterocycles. The standard InChI is InChI=1S/C19H24N4O4S2/c1-9-12(15(19(26)27)23-14(9)13(10(2)24)16(23)25)11-7-22-8-21(3)17(18(22)29-11)28-6-4-5-20/h7-10,13-14,24H,4-6,20H2,1-3H3/p+1/t9-,10+,13+,14+/m0/s1. The number of aliphatic hydroxyl groups excluding tert-OH is 1. The van der Waals surface area contributed by atoms with E-state index in [4.69, 9.17) is 5.73 Å². The first-order valence-electron chi connectivity index (χ1n) is 9.59. The Morgan fingerprint density at radius 2 is 2.21 bits per heavy atom. The molecular weight excluding hydrogens is 412 g/mol. The highest BCUT2D eigenvalue weighted by Gasteiger charge is 2.60. The number of carboxylic acid groups (broad SMARTS) is 1. The number of nitrogens with zero attached hydrogens (tertiary/aromatic N) is 3. The van der Waals surface area contributed by atoms with Gasteiger partial charge in [0.25, 0.3) is 0 Å². The van der Waals surface area contributed by atoms with Gasteiger partial charge < -0.3 is 20.8 Å². The van der Waals surface area contributed by atoms with Gasteiger partial charge in [-0.25, -0.2) is 9.36 Å². The van der Waals surface area contributed by atoms with Crippen molar-refractivity contribution in [1.29, 1.82) is 0 Å². The van der Waals surface area contributed by atoms with Crippen LogP contribution in [0.5, 0.6) is 0 Å². The minimum absolute atomic E-state index is 0.0515. The molecule has 8 nitrogen and oxygen atoms in total. The fourth-order valence-corrected chi connectivity index (χ4v) is 6.92. The Bertz CT molecular complexity index is 1020. The predicted molar refractivity (Wildman–Crippen MR) is 110 cm³/mol. The van der Waals surface area contributed by atoms with E-state index >= 15 is 0 Å². The summed E-state index contributed by atoms with van der Waals surface area (Å²) in [7, 11) is 1.99. The fourth-order valence-electron chi connectivity index (χ4n) is 4.43. The third-order valence-electron chi connectivity index (χ3n) is 5.73. The SMILES string of the molecule is C[C@@H](O)[C@H]1C(=O)N2C(C(=O)O)=C(c3cn4c[n+](C)c(SCCCN)c4s3)[C@H](C)[C@H]12. The summed E-state index contributed by atoms with van der Waals surface area (Å²) in [5.74, 6) is -1.21. The molecule has 2 aromatic rings. The van der Waals surface area contributed by atoms with Crippen LogP contribution in [-0.4, -0.2) is 55.8 Å². The highest BCUT2D eigenvalue weighted by molar-refractivity contribution is 7.99. The summed E-state index contributed by atoms with van der Waals surface area (Å²) in [5, 5.41) is 21.0. The van der Waals surface area contributed by atoms with Crippen molar-refractivity contribution in [3.63, 3.8) is 0 Å². The second-order valence-corrected chi connectivity index (χ2v) is 9.77. The number of aliphatic carboxylic acids is 1. The lowest BCUT2D eigenvalue weighted by Gasteiger charge is -2.46. The van der Waals surface area contributed by atoms with Crippen molar-refractivity contribution in [2.75, 3.05) is 12.3 Å². The second kappa shape index (κ2) is 7.42. The Hall–Kier alpha value is -1.88. The monoisotopic (exact) mass is 437 g/mol. The van der Waals surface area contributed by atoms with Crippen molar-refractivity contribution in [2.45, 2.75) is 37.4 Å². The number of nitrogens with two attached hydrogens (primary N) is 1. The van der Waals surface area contributed by atoms with Gasteiger partial charge in [-0.1, -0.05) is 30.0 Å². The maximum atomic E-state index is 12.5. The van der Waals surface area contributed by atoms with Gasteiger partial charge in [0.1, 0.15) is 11.9 Å². The number of amides is 1. The van der Waals surface area contributed by atoms with E-state index in [1.807, 2.05) is 30.9 Å². The molecule has 1 fully saturated rings. The lowest BCUT2D eigenvalue weighted by atomic mass is 9.77. The zero-order chi connectivity index (χ0) is 21.0. The van der Waals surface area contributed by atoms with Gasteiger partial charge in [-0.15, -0.1) is 0 Å². The van der Waals surface area contributed by atoms with E-state index < -0.39 is 18.0 Å². The number of β-lactam (4-membered cyclic amide) rings is 1. The largest absolute Gasteiger partial charge is 0.477 e. The lowest BCUT2D eigenvalue weighted by molar-refractivity contribution is -0.705. The van der Waals surface area contributed by atoms with Gasteiger partial charge >= 0.3 is 5.97 Å². The van der Waals surface area contributed by atoms with Crippen molar-refractivity contribution in [1.82, 2.24) is 9.30 Å². The van der Waals surface area contributed by atoms with Crippen LogP contribution >= 0.6 is 23.1 Å². The minimum Gasteiger partial charge on any atom is -0.477 e. The van der Waals surface area contributed by atoms with E-state index in [0.29, 0.717) is 12.1 Å². The first kappa shape index (κ1) is 20.4. The normalized spacial score (nSPS) is 24.9. The number of carboxylic acids is 1. The number of carbonyl (C=O) groups excluding carboxylic acids is 1. The number of carbonyl (C=O) groups is 2. The van der Waals surface area contributed by atoms with E-state index in [-0.39, 0.29) is 23.6 Å². The molecule has 1 saturated heterocycles. The quantitative estimate of drug-likeness (QED) is 0.257. The van der Waals surface area contributed by atoms with Crippen LogP contribution in [0, 0.1) is 11.8 Å². The Kier molecular flexibility index (Phi) is 5.22. The third-order valence-corrected chi connectivity index (χ3v) is 8.25. The summed E-state index contributed by atoms with van der Waals surface area (Å²) in [5.41, 5.74) is 6.33. The van der Waals surface area contributed by atoms with Crippen LogP contribution in [0.2, 0.25) is 0 Å². The fraction of sp³-hybridized carbons (Fsp3) is 0.526. The Balaban J connectivity index is 1.76. The summed E-state index contributed by atoms with van der Waals surface area (Å²) in [6, 6.07) is -0.306. The number of aliphatic hydroxyl groups is 1. The van der Waals surface area contributed by atoms with Gasteiger partial charge in [0.2, 0.25) is 22.1 Å². The maximum Gasteiger partial charge on any atom is 0.352 e. The molecule has 4 atom stereocenters. The molecule has 0 aromatic carbocycles. The van der Waals surface area contributed by atoms with Gasteiger partial charge in [-0.2, -0.15) is 4.40 Å². The molecule has 0 radical (unpaired) electrons. The van der Waals surface area contributed by atoms with E-state index in [1.54, 1.807) is 18.7 Å². The summed E-state index contributed by atoms with van der Waals surface area (Å²) in [6.45, 7) is 4.17. The van der Waals surface area contributed by atoms with Gasteiger partial charge in [-0.05, 0) is 19.9 Å². The van der Waals surface area contributed by atoms with E-state index in [0.717, 1.165) is 26.9 Å². The van der Waals surface area contributed by atoms with Gasteiger partial charge in [0, 0.05) is 17.2 Å². The number of aryl methyl sites for hydroxylation is 1. The van der Waals surface area contributed by atoms with Crippen molar-refractivity contribution >= 4 is 45.4 Å². The average molecular weight is 438 g/mol. The number of hydrogen-bond donors (Lipinski definition) is 3. The van der Waals surface area contributed by atoms with Crippen molar-refractivity contribution in [3.05, 3.63) is 23.1 Å². The molecule has 4 N–H and O–H groups in total. The molecule has 0 unspecified atom stereocenters. The maximum absolute atomic E-state index is 12.5. The minimum atomic E-state index is -1.10. The molecule has 29 heavy (non-hydrogen) atoms. The smallest absolute Gasteiger partial charge is 0.352 e. The van der Waals surface area contributed by atoms with Gasteiger partial charge in [-0.3, -0.25) is 4.79 Å². The Morgan fingerprint density at radius 3 is 2.83 bits per heavy atom. The molecule has 2 aromatic heterocycles. The molecule has 0 bridgehead atoms. The number of fused-ring (bicyclic) bond motifs is 2. The number of thiazole rings is 1. The Labute approximate surface area is 176 Å². The Morgan fingerprint density at radius 1 is 1.48 bits per heavy atom. The summed E-state index contributed by atoms with van der Waals surface area (Å²) in [6.07, 6.45) is 4.03. The van der Waals surface area contributed by atoms with Crippen molar-refractivity contribution < 1.29 is 24.4 Å². The zero-order valence-electron chi connectivity index (χ0n) is 16.5. The molecule has 4 rings (SSSR count). The topological polar surface area (TPSA) is 112 Å². The number of rotatable bonds is 7. The predicted octanol–water partition coefficient (Wildman–Crippen LogP) is 0.919. The second-order valence-electron chi connectivity index (χ2n) is 7.65. The first-order valence-corrected chi connectivity index (χ1v) is 11.4. The van der Waals surface area contributed by atoms with E-state index in [2.05, 4.69) is 4.57 Å². The van der Waals surface area contributed by atoms with Crippen molar-refractivity contribution in [2.24, 2.45) is 24.6 Å². The highest BCUT2D eigenvalue weighted by Crippen LogP contribution is 2.51. The molecule has 10 heteroatoms. The van der Waals surface area contributed by atoms with Gasteiger partial charge in [0.15, 0.2) is 0 Å². The van der Waals surface area contributed by atoms with Crippen molar-refractivity contribution in [3.8, 4) is 0 Å². The van der Waals surface area contributed by atoms with E-state index in [9.17, 15) is 19.8 Å². The number of hydrogen-bond acceptors (Lipinski definition) is 6. The summed E-state index contributed by atoms with van der Waals surface area (Å²) < 4.78 is 4.06. The molecule has 0 spiro atoms. The van der Waals surface area contributed by atoms with Crippen LogP contribution in [0.4, 0.5) is 0 Å². The molecule has 2 aliphatic rings.